The average Bonchev–Trinajstić information content (AvgIpc) is 2.55. The zero-order chi connectivity index (χ0) is 19.6. The van der Waals surface area contributed by atoms with Crippen molar-refractivity contribution < 1.29 is 14.6 Å². The fraction of sp³-hybridized carbons (Fsp3) is 0.609. The van der Waals surface area contributed by atoms with E-state index in [1.165, 1.54) is 12.5 Å². The Kier molecular flexibility index (Phi) is 6.21. The lowest BCUT2D eigenvalue weighted by atomic mass is 9.67. The van der Waals surface area contributed by atoms with Gasteiger partial charge in [0.1, 0.15) is 17.1 Å². The number of rotatable bonds is 3. The molecule has 0 saturated carbocycles. The molecule has 0 bridgehead atoms. The number of benzene rings is 1. The molecule has 3 heteroatoms. The van der Waals surface area contributed by atoms with Gasteiger partial charge in [-0.2, -0.15) is 0 Å². The molecule has 0 aromatic heterocycles. The maximum atomic E-state index is 12.2. The number of aromatic hydroxyl groups is 1. The molecule has 0 fully saturated rings. The summed E-state index contributed by atoms with van der Waals surface area (Å²) in [5, 5.41) is 11.0. The highest BCUT2D eigenvalue weighted by atomic mass is 16.5. The minimum Gasteiger partial charge on any atom is -0.507 e. The van der Waals surface area contributed by atoms with E-state index in [-0.39, 0.29) is 23.1 Å². The van der Waals surface area contributed by atoms with E-state index in [1.54, 1.807) is 0 Å². The van der Waals surface area contributed by atoms with Gasteiger partial charge in [0, 0.05) is 17.4 Å². The molecule has 1 unspecified atom stereocenters. The molecule has 3 rings (SSSR count). The van der Waals surface area contributed by atoms with E-state index in [2.05, 4.69) is 33.8 Å². The number of phenols is 1. The van der Waals surface area contributed by atoms with E-state index in [4.69, 9.17) is 4.74 Å². The van der Waals surface area contributed by atoms with Crippen LogP contribution in [0.15, 0.2) is 17.7 Å². The van der Waals surface area contributed by atoms with Gasteiger partial charge in [-0.3, -0.25) is 4.79 Å². The highest BCUT2D eigenvalue weighted by Crippen LogP contribution is 2.54. The second-order valence-corrected chi connectivity index (χ2v) is 7.87. The molecule has 1 aliphatic heterocycles. The van der Waals surface area contributed by atoms with Crippen molar-refractivity contribution in [2.24, 2.45) is 5.92 Å². The number of aryl methyl sites for hydroxylation is 1. The molecular weight excluding hydrogens is 324 g/mol. The smallest absolute Gasteiger partial charge is 0.163 e. The summed E-state index contributed by atoms with van der Waals surface area (Å²) in [4.78, 5) is 12.2. The van der Waals surface area contributed by atoms with Crippen LogP contribution >= 0.6 is 0 Å². The highest BCUT2D eigenvalue weighted by molar-refractivity contribution is 5.99. The lowest BCUT2D eigenvalue weighted by molar-refractivity contribution is 0.0107. The lowest BCUT2D eigenvalue weighted by Crippen LogP contribution is -2.45. The van der Waals surface area contributed by atoms with Crippen molar-refractivity contribution in [2.75, 3.05) is 0 Å². The Hall–Kier alpha value is -1.77. The Bertz CT molecular complexity index is 713. The average molecular weight is 359 g/mol. The fourth-order valence-corrected chi connectivity index (χ4v) is 4.47. The monoisotopic (exact) mass is 358 g/mol. The molecule has 1 aromatic carbocycles. The molecule has 26 heavy (non-hydrogen) atoms. The Morgan fingerprint density at radius 1 is 1.35 bits per heavy atom. The van der Waals surface area contributed by atoms with Crippen molar-refractivity contribution in [3.8, 4) is 11.5 Å². The molecule has 1 heterocycles. The Balaban J connectivity index is 0.00000117. The number of fused-ring (bicyclic) bond motifs is 3. The summed E-state index contributed by atoms with van der Waals surface area (Å²) in [5.41, 5.74) is 3.26. The van der Waals surface area contributed by atoms with Crippen LogP contribution < -0.4 is 4.74 Å². The van der Waals surface area contributed by atoms with E-state index in [0.29, 0.717) is 11.5 Å². The molecule has 0 radical (unpaired) electrons. The van der Waals surface area contributed by atoms with Gasteiger partial charge in [-0.1, -0.05) is 38.8 Å². The molecule has 0 amide bonds. The minimum absolute atomic E-state index is 0.0726. The molecule has 2 aliphatic rings. The largest absolute Gasteiger partial charge is 0.507 e. The Labute approximate surface area is 158 Å². The Morgan fingerprint density at radius 3 is 2.58 bits per heavy atom. The van der Waals surface area contributed by atoms with Gasteiger partial charge >= 0.3 is 0 Å². The summed E-state index contributed by atoms with van der Waals surface area (Å²) in [6, 6.07) is 1.99. The second kappa shape index (κ2) is 7.85. The number of allylic oxidation sites excluding steroid dienone is 2. The third kappa shape index (κ3) is 3.54. The van der Waals surface area contributed by atoms with Crippen molar-refractivity contribution in [3.05, 3.63) is 34.4 Å². The number of hydrogen-bond donors (Lipinski definition) is 1. The van der Waals surface area contributed by atoms with Crippen LogP contribution in [0, 0.1) is 5.92 Å². The molecule has 1 aromatic rings. The van der Waals surface area contributed by atoms with Crippen LogP contribution in [0.25, 0.3) is 0 Å². The quantitative estimate of drug-likeness (QED) is 0.518. The number of Topliss-reactive ketones (excluding diaryl/α,β-unsaturated/α-hetero) is 1. The first kappa shape index (κ1) is 20.5. The summed E-state index contributed by atoms with van der Waals surface area (Å²) in [6.07, 6.45) is 6.07. The predicted molar refractivity (Wildman–Crippen MR) is 107 cm³/mol. The van der Waals surface area contributed by atoms with Crippen LogP contribution in [0.1, 0.15) is 95.1 Å². The first-order valence-electron chi connectivity index (χ1n) is 10.0. The minimum atomic E-state index is -0.275. The van der Waals surface area contributed by atoms with Gasteiger partial charge in [0.2, 0.25) is 0 Å². The van der Waals surface area contributed by atoms with Gasteiger partial charge in [-0.05, 0) is 58.6 Å². The van der Waals surface area contributed by atoms with Gasteiger partial charge in [-0.25, -0.2) is 0 Å². The third-order valence-corrected chi connectivity index (χ3v) is 5.60. The summed E-state index contributed by atoms with van der Waals surface area (Å²) in [6.45, 7) is 14.0. The maximum absolute atomic E-state index is 12.2. The first-order valence-corrected chi connectivity index (χ1v) is 10.0. The molecule has 144 valence electrons. The van der Waals surface area contributed by atoms with Crippen LogP contribution in [0.3, 0.4) is 0 Å². The van der Waals surface area contributed by atoms with Gasteiger partial charge in [0.05, 0.1) is 5.56 Å². The van der Waals surface area contributed by atoms with E-state index < -0.39 is 0 Å². The second-order valence-electron chi connectivity index (χ2n) is 7.87. The molecule has 1 aliphatic carbocycles. The van der Waals surface area contributed by atoms with Crippen molar-refractivity contribution >= 4 is 5.78 Å². The van der Waals surface area contributed by atoms with Crippen LogP contribution in [-0.4, -0.2) is 16.5 Å². The number of carbonyl (C=O) groups excluding carboxylic acids is 1. The van der Waals surface area contributed by atoms with Crippen LogP contribution in [0.2, 0.25) is 0 Å². The Morgan fingerprint density at radius 2 is 2.00 bits per heavy atom. The van der Waals surface area contributed by atoms with Gasteiger partial charge in [0.15, 0.2) is 5.78 Å². The van der Waals surface area contributed by atoms with Gasteiger partial charge in [-0.15, -0.1) is 0 Å². The molecule has 2 atom stereocenters. The number of ketones is 1. The zero-order valence-electron chi connectivity index (χ0n) is 17.4. The maximum Gasteiger partial charge on any atom is 0.163 e. The van der Waals surface area contributed by atoms with Crippen LogP contribution in [-0.2, 0) is 6.42 Å². The van der Waals surface area contributed by atoms with E-state index in [1.807, 2.05) is 19.9 Å². The molecule has 1 N–H and O–H groups in total. The zero-order valence-corrected chi connectivity index (χ0v) is 17.4. The molecule has 0 spiro atoms. The van der Waals surface area contributed by atoms with E-state index in [0.717, 1.165) is 42.6 Å². The first-order chi connectivity index (χ1) is 12.3. The SMILES string of the molecule is CC.CCCc1cc2c(c(O)c1C(C)=O)C1C=C(C)CC[C@H]1C(C)(C)O2. The van der Waals surface area contributed by atoms with Gasteiger partial charge < -0.3 is 9.84 Å². The lowest BCUT2D eigenvalue weighted by Gasteiger charge is -2.46. The van der Waals surface area contributed by atoms with E-state index >= 15 is 0 Å². The number of hydrogen-bond acceptors (Lipinski definition) is 3. The summed E-state index contributed by atoms with van der Waals surface area (Å²) >= 11 is 0. The van der Waals surface area contributed by atoms with Crippen molar-refractivity contribution in [1.82, 2.24) is 0 Å². The van der Waals surface area contributed by atoms with Crippen molar-refractivity contribution in [1.29, 1.82) is 0 Å². The van der Waals surface area contributed by atoms with Crippen LogP contribution in [0.4, 0.5) is 0 Å². The predicted octanol–water partition coefficient (Wildman–Crippen LogP) is 6.18. The number of phenolic OH excluding ortho intramolecular Hbond substituents is 1. The number of carbonyl (C=O) groups is 1. The summed E-state index contributed by atoms with van der Waals surface area (Å²) < 4.78 is 6.33. The van der Waals surface area contributed by atoms with Crippen molar-refractivity contribution in [3.63, 3.8) is 0 Å². The molecular formula is C23H34O3. The molecule has 3 nitrogen and oxygen atoms in total. The van der Waals surface area contributed by atoms with Gasteiger partial charge in [0.25, 0.3) is 0 Å². The standard InChI is InChI=1S/C21H28O3.C2H6/c1-6-7-14-11-17-19(20(23)18(14)13(3)22)15-10-12(2)8-9-16(15)21(4,5)24-17;1-2/h10-11,15-16,23H,6-9H2,1-5H3;1-2H3/t15?,16-;/m1./s1. The summed E-state index contributed by atoms with van der Waals surface area (Å²) in [7, 11) is 0. The number of ether oxygens (including phenoxy) is 1. The topological polar surface area (TPSA) is 46.5 Å². The van der Waals surface area contributed by atoms with E-state index in [9.17, 15) is 9.90 Å². The third-order valence-electron chi connectivity index (χ3n) is 5.60. The van der Waals surface area contributed by atoms with Crippen LogP contribution in [0.5, 0.6) is 11.5 Å². The normalized spacial score (nSPS) is 22.8. The summed E-state index contributed by atoms with van der Waals surface area (Å²) in [5.74, 6) is 1.25. The molecule has 0 saturated heterocycles. The van der Waals surface area contributed by atoms with Crippen molar-refractivity contribution in [2.45, 2.75) is 85.7 Å². The fourth-order valence-electron chi connectivity index (χ4n) is 4.47. The highest BCUT2D eigenvalue weighted by Gasteiger charge is 2.46.